The lowest BCUT2D eigenvalue weighted by Crippen LogP contribution is -2.22. The van der Waals surface area contributed by atoms with Crippen LogP contribution in [0.4, 0.5) is 0 Å². The fourth-order valence-corrected chi connectivity index (χ4v) is 4.45. The molecule has 1 amide bonds. The van der Waals surface area contributed by atoms with Crippen molar-refractivity contribution in [2.24, 2.45) is 0 Å². The summed E-state index contributed by atoms with van der Waals surface area (Å²) in [5, 5.41) is 3.15. The van der Waals surface area contributed by atoms with Crippen molar-refractivity contribution in [2.75, 3.05) is 6.54 Å². The Balaban J connectivity index is 2.10. The van der Waals surface area contributed by atoms with Crippen LogP contribution in [0.2, 0.25) is 10.0 Å². The highest BCUT2D eigenvalue weighted by Crippen LogP contribution is 2.31. The average Bonchev–Trinajstić information content (AvgIpc) is 2.91. The van der Waals surface area contributed by atoms with Gasteiger partial charge in [0.05, 0.1) is 5.02 Å². The van der Waals surface area contributed by atoms with E-state index in [4.69, 9.17) is 27.4 Å². The summed E-state index contributed by atoms with van der Waals surface area (Å²) in [5.74, 6) is -0.112. The van der Waals surface area contributed by atoms with E-state index < -0.39 is 10.1 Å². The van der Waals surface area contributed by atoms with Crippen molar-refractivity contribution in [1.82, 2.24) is 5.32 Å². The third-order valence-electron chi connectivity index (χ3n) is 2.72. The van der Waals surface area contributed by atoms with E-state index in [2.05, 4.69) is 5.32 Å². The first-order valence-electron chi connectivity index (χ1n) is 6.50. The van der Waals surface area contributed by atoms with E-state index in [1.807, 2.05) is 0 Å². The first-order chi connectivity index (χ1) is 10.8. The quantitative estimate of drug-likeness (QED) is 0.762. The maximum absolute atomic E-state index is 12.3. The molecule has 0 aliphatic rings. The van der Waals surface area contributed by atoms with E-state index in [0.717, 1.165) is 16.2 Å². The molecule has 0 fully saturated rings. The van der Waals surface area contributed by atoms with Crippen LogP contribution in [-0.2, 0) is 21.3 Å². The van der Waals surface area contributed by atoms with E-state index in [-0.39, 0.29) is 20.9 Å². The van der Waals surface area contributed by atoms with Crippen LogP contribution in [0.15, 0.2) is 34.5 Å². The SMILES string of the molecule is CC(=O)NCCc1ccc(S(=O)(=O)Oc2ccc(Cl)cc2Cl)s1. The van der Waals surface area contributed by atoms with Gasteiger partial charge in [-0.2, -0.15) is 8.42 Å². The number of nitrogens with one attached hydrogen (secondary N) is 1. The van der Waals surface area contributed by atoms with Crippen molar-refractivity contribution in [3.8, 4) is 5.75 Å². The molecule has 9 heteroatoms. The number of benzene rings is 1. The molecule has 0 saturated carbocycles. The molecular formula is C14H13Cl2NO4S2. The van der Waals surface area contributed by atoms with Gasteiger partial charge in [-0.3, -0.25) is 4.79 Å². The summed E-state index contributed by atoms with van der Waals surface area (Å²) in [5.41, 5.74) is 0. The smallest absolute Gasteiger partial charge is 0.348 e. The number of rotatable bonds is 6. The van der Waals surface area contributed by atoms with Gasteiger partial charge >= 0.3 is 10.1 Å². The molecule has 2 aromatic rings. The Labute approximate surface area is 148 Å². The van der Waals surface area contributed by atoms with Gasteiger partial charge in [0.1, 0.15) is 0 Å². The maximum atomic E-state index is 12.3. The van der Waals surface area contributed by atoms with Gasteiger partial charge < -0.3 is 9.50 Å². The third kappa shape index (κ3) is 5.10. The first kappa shape index (κ1) is 18.1. The molecule has 1 aromatic carbocycles. The Kier molecular flexibility index (Phi) is 5.91. The highest BCUT2D eigenvalue weighted by atomic mass is 35.5. The maximum Gasteiger partial charge on any atom is 0.348 e. The second kappa shape index (κ2) is 7.53. The fourth-order valence-electron chi connectivity index (χ4n) is 1.69. The fraction of sp³-hybridized carbons (Fsp3) is 0.214. The lowest BCUT2D eigenvalue weighted by Gasteiger charge is -2.07. The number of carbonyl (C=O) groups is 1. The van der Waals surface area contributed by atoms with Gasteiger partial charge in [-0.15, -0.1) is 11.3 Å². The lowest BCUT2D eigenvalue weighted by atomic mass is 10.3. The van der Waals surface area contributed by atoms with Crippen molar-refractivity contribution >= 4 is 50.6 Å². The van der Waals surface area contributed by atoms with Gasteiger partial charge in [-0.1, -0.05) is 23.2 Å². The predicted molar refractivity (Wildman–Crippen MR) is 91.0 cm³/mol. The molecule has 1 aromatic heterocycles. The number of hydrogen-bond donors (Lipinski definition) is 1. The van der Waals surface area contributed by atoms with Gasteiger partial charge in [0.2, 0.25) is 5.91 Å². The molecular weight excluding hydrogens is 381 g/mol. The van der Waals surface area contributed by atoms with E-state index in [9.17, 15) is 13.2 Å². The van der Waals surface area contributed by atoms with Crippen molar-refractivity contribution in [2.45, 2.75) is 17.6 Å². The Bertz CT molecular complexity index is 818. The van der Waals surface area contributed by atoms with Crippen LogP contribution in [0.3, 0.4) is 0 Å². The summed E-state index contributed by atoms with van der Waals surface area (Å²) in [6.07, 6.45) is 0.543. The molecule has 1 N–H and O–H groups in total. The molecule has 5 nitrogen and oxygen atoms in total. The van der Waals surface area contributed by atoms with Gasteiger partial charge in [0.25, 0.3) is 0 Å². The molecule has 0 aliphatic carbocycles. The number of carbonyl (C=O) groups excluding carboxylic acids is 1. The normalized spacial score (nSPS) is 11.3. The van der Waals surface area contributed by atoms with Crippen LogP contribution in [-0.4, -0.2) is 20.9 Å². The van der Waals surface area contributed by atoms with Crippen molar-refractivity contribution in [1.29, 1.82) is 0 Å². The number of thiophene rings is 1. The molecule has 0 saturated heterocycles. The van der Waals surface area contributed by atoms with Crippen LogP contribution < -0.4 is 9.50 Å². The molecule has 0 radical (unpaired) electrons. The number of amides is 1. The minimum atomic E-state index is -3.97. The summed E-state index contributed by atoms with van der Waals surface area (Å²) < 4.78 is 29.6. The third-order valence-corrected chi connectivity index (χ3v) is 6.08. The standard InChI is InChI=1S/C14H13Cl2NO4S2/c1-9(18)17-7-6-11-3-5-14(22-11)23(19,20)21-13-4-2-10(15)8-12(13)16/h2-5,8H,6-7H2,1H3,(H,17,18). The van der Waals surface area contributed by atoms with E-state index in [0.29, 0.717) is 18.0 Å². The minimum absolute atomic E-state index is 0.0178. The topological polar surface area (TPSA) is 72.5 Å². The average molecular weight is 394 g/mol. The van der Waals surface area contributed by atoms with Crippen molar-refractivity contribution < 1.29 is 17.4 Å². The molecule has 0 aliphatic heterocycles. The molecule has 0 bridgehead atoms. The Morgan fingerprint density at radius 2 is 2.00 bits per heavy atom. The summed E-state index contributed by atoms with van der Waals surface area (Å²) >= 11 is 12.8. The molecule has 0 atom stereocenters. The van der Waals surface area contributed by atoms with E-state index in [1.165, 1.54) is 31.2 Å². The molecule has 0 spiro atoms. The Hall–Kier alpha value is -1.28. The summed E-state index contributed by atoms with van der Waals surface area (Å²) in [4.78, 5) is 11.6. The van der Waals surface area contributed by atoms with Gasteiger partial charge in [-0.25, -0.2) is 0 Å². The van der Waals surface area contributed by atoms with Crippen LogP contribution in [0.25, 0.3) is 0 Å². The summed E-state index contributed by atoms with van der Waals surface area (Å²) in [6, 6.07) is 7.44. The van der Waals surface area contributed by atoms with Crippen LogP contribution in [0, 0.1) is 0 Å². The summed E-state index contributed by atoms with van der Waals surface area (Å²) in [6.45, 7) is 1.87. The van der Waals surface area contributed by atoms with Crippen LogP contribution in [0.5, 0.6) is 5.75 Å². The lowest BCUT2D eigenvalue weighted by molar-refractivity contribution is -0.118. The highest BCUT2D eigenvalue weighted by molar-refractivity contribution is 7.89. The molecule has 1 heterocycles. The molecule has 0 unspecified atom stereocenters. The zero-order valence-corrected chi connectivity index (χ0v) is 15.2. The second-order valence-corrected chi connectivity index (χ2v) is 8.35. The second-order valence-electron chi connectivity index (χ2n) is 4.57. The van der Waals surface area contributed by atoms with Crippen molar-refractivity contribution in [3.63, 3.8) is 0 Å². The van der Waals surface area contributed by atoms with Gasteiger partial charge in [0, 0.05) is 23.4 Å². The summed E-state index contributed by atoms with van der Waals surface area (Å²) in [7, 11) is -3.97. The Morgan fingerprint density at radius 1 is 1.26 bits per heavy atom. The van der Waals surface area contributed by atoms with Gasteiger partial charge in [-0.05, 0) is 36.8 Å². The van der Waals surface area contributed by atoms with Crippen LogP contribution >= 0.6 is 34.5 Å². The molecule has 124 valence electrons. The minimum Gasteiger partial charge on any atom is -0.377 e. The van der Waals surface area contributed by atoms with Crippen molar-refractivity contribution in [3.05, 3.63) is 45.3 Å². The monoisotopic (exact) mass is 393 g/mol. The van der Waals surface area contributed by atoms with E-state index >= 15 is 0 Å². The van der Waals surface area contributed by atoms with Gasteiger partial charge in [0.15, 0.2) is 9.96 Å². The first-order valence-corrected chi connectivity index (χ1v) is 9.49. The molecule has 23 heavy (non-hydrogen) atoms. The molecule has 2 rings (SSSR count). The van der Waals surface area contributed by atoms with E-state index in [1.54, 1.807) is 6.07 Å². The highest BCUT2D eigenvalue weighted by Gasteiger charge is 2.20. The largest absolute Gasteiger partial charge is 0.377 e. The zero-order valence-electron chi connectivity index (χ0n) is 12.0. The van der Waals surface area contributed by atoms with Crippen LogP contribution in [0.1, 0.15) is 11.8 Å². The number of halogens is 2. The zero-order chi connectivity index (χ0) is 17.0. The predicted octanol–water partition coefficient (Wildman–Crippen LogP) is 3.50. The Morgan fingerprint density at radius 3 is 2.65 bits per heavy atom. The number of hydrogen-bond acceptors (Lipinski definition) is 5.